The molecule has 0 radical (unpaired) electrons. The lowest BCUT2D eigenvalue weighted by Gasteiger charge is -2.39. The van der Waals surface area contributed by atoms with Crippen molar-refractivity contribution in [2.45, 2.75) is 58.0 Å². The van der Waals surface area contributed by atoms with Crippen LogP contribution in [0.2, 0.25) is 0 Å². The number of aliphatic carboxylic acids is 1. The van der Waals surface area contributed by atoms with Crippen LogP contribution >= 0.6 is 0 Å². The minimum atomic E-state index is -0.712. The molecule has 9 nitrogen and oxygen atoms in total. The summed E-state index contributed by atoms with van der Waals surface area (Å²) in [6.45, 7) is 5.87. The molecule has 2 aliphatic rings. The zero-order valence-electron chi connectivity index (χ0n) is 15.4. The molecule has 3 rings (SSSR count). The Balaban J connectivity index is 1.47. The number of aryl methyl sites for hydroxylation is 1. The molecule has 1 spiro atoms. The summed E-state index contributed by atoms with van der Waals surface area (Å²) < 4.78 is 1.63. The van der Waals surface area contributed by atoms with Crippen LogP contribution in [0, 0.1) is 5.41 Å². The highest BCUT2D eigenvalue weighted by molar-refractivity contribution is 5.76. The molecule has 0 saturated carbocycles. The van der Waals surface area contributed by atoms with Crippen molar-refractivity contribution in [1.82, 2.24) is 30.0 Å². The molecule has 2 saturated heterocycles. The van der Waals surface area contributed by atoms with E-state index in [2.05, 4.69) is 27.3 Å². The Kier molecular flexibility index (Phi) is 5.85. The first-order chi connectivity index (χ1) is 12.5. The van der Waals surface area contributed by atoms with Crippen LogP contribution in [0.4, 0.5) is 0 Å². The molecule has 1 atom stereocenters. The van der Waals surface area contributed by atoms with E-state index in [9.17, 15) is 14.7 Å². The number of aromatic nitrogens is 4. The number of hydrogen-bond donors (Lipinski definition) is 1. The third-order valence-electron chi connectivity index (χ3n) is 5.75. The van der Waals surface area contributed by atoms with Crippen molar-refractivity contribution in [2.75, 3.05) is 26.2 Å². The van der Waals surface area contributed by atoms with E-state index in [-0.39, 0.29) is 17.4 Å². The number of nitrogens with zero attached hydrogens (tertiary/aromatic N) is 6. The van der Waals surface area contributed by atoms with Gasteiger partial charge in [0, 0.05) is 32.6 Å². The van der Waals surface area contributed by atoms with Crippen LogP contribution in [-0.2, 0) is 16.1 Å². The van der Waals surface area contributed by atoms with Crippen LogP contribution < -0.4 is 0 Å². The fourth-order valence-corrected chi connectivity index (χ4v) is 4.34. The number of carbonyl (C=O) groups is 2. The maximum Gasteiger partial charge on any atom is 0.320 e. The maximum absolute atomic E-state index is 12.4. The summed E-state index contributed by atoms with van der Waals surface area (Å²) >= 11 is 0. The number of rotatable bonds is 7. The molecule has 1 aromatic heterocycles. The Morgan fingerprint density at radius 1 is 1.27 bits per heavy atom. The second-order valence-electron chi connectivity index (χ2n) is 7.59. The Morgan fingerprint density at radius 3 is 2.65 bits per heavy atom. The fourth-order valence-electron chi connectivity index (χ4n) is 4.34. The van der Waals surface area contributed by atoms with Gasteiger partial charge in [0.25, 0.3) is 0 Å². The fraction of sp³-hybridized carbons (Fsp3) is 0.824. The van der Waals surface area contributed by atoms with Gasteiger partial charge in [-0.1, -0.05) is 6.92 Å². The highest BCUT2D eigenvalue weighted by Crippen LogP contribution is 2.43. The zero-order chi connectivity index (χ0) is 18.6. The lowest BCUT2D eigenvalue weighted by molar-refractivity contribution is -0.142. The summed E-state index contributed by atoms with van der Waals surface area (Å²) in [5, 5.41) is 20.5. The highest BCUT2D eigenvalue weighted by Gasteiger charge is 2.48. The maximum atomic E-state index is 12.4. The lowest BCUT2D eigenvalue weighted by atomic mass is 9.76. The molecule has 2 aliphatic heterocycles. The van der Waals surface area contributed by atoms with Crippen molar-refractivity contribution in [1.29, 1.82) is 0 Å². The van der Waals surface area contributed by atoms with Gasteiger partial charge in [-0.05, 0) is 54.5 Å². The average molecular weight is 364 g/mol. The molecule has 3 heterocycles. The summed E-state index contributed by atoms with van der Waals surface area (Å²) in [6.07, 6.45) is 6.24. The molecule has 1 N–H and O–H groups in total. The van der Waals surface area contributed by atoms with E-state index in [1.165, 1.54) is 0 Å². The number of hydrogen-bond acceptors (Lipinski definition) is 6. The molecule has 0 aliphatic carbocycles. The number of likely N-dealkylation sites (tertiary alicyclic amines) is 2. The summed E-state index contributed by atoms with van der Waals surface area (Å²) in [6, 6.07) is -0.367. The standard InChI is InChI=1S/C17H28N6O3/c1-2-7-22-12-17(11-14(22)16(25)26)5-9-21(10-6-17)15(24)4-3-8-23-13-18-19-20-23/h13-14H,2-12H2,1H3,(H,25,26)/t14-/m1/s1. The molecule has 0 aromatic carbocycles. The number of carboxylic acid groups (broad SMARTS) is 1. The van der Waals surface area contributed by atoms with Crippen molar-refractivity contribution in [3.63, 3.8) is 0 Å². The molecular formula is C17H28N6O3. The first kappa shape index (κ1) is 18.8. The molecule has 0 bridgehead atoms. The van der Waals surface area contributed by atoms with Gasteiger partial charge in [0.15, 0.2) is 0 Å². The van der Waals surface area contributed by atoms with Crippen molar-refractivity contribution in [3.05, 3.63) is 6.33 Å². The van der Waals surface area contributed by atoms with Crippen molar-refractivity contribution in [2.24, 2.45) is 5.41 Å². The Morgan fingerprint density at radius 2 is 2.04 bits per heavy atom. The van der Waals surface area contributed by atoms with Gasteiger partial charge >= 0.3 is 5.97 Å². The monoisotopic (exact) mass is 364 g/mol. The second-order valence-corrected chi connectivity index (χ2v) is 7.59. The van der Waals surface area contributed by atoms with Crippen LogP contribution in [0.3, 0.4) is 0 Å². The average Bonchev–Trinajstić information content (AvgIpc) is 3.24. The molecule has 144 valence electrons. The minimum absolute atomic E-state index is 0.0570. The third kappa shape index (κ3) is 4.20. The SMILES string of the molecule is CCCN1CC2(CCN(C(=O)CCCn3cnnn3)CC2)C[C@@H]1C(=O)O. The van der Waals surface area contributed by atoms with Crippen molar-refractivity contribution < 1.29 is 14.7 Å². The summed E-state index contributed by atoms with van der Waals surface area (Å²) in [5.74, 6) is -0.539. The van der Waals surface area contributed by atoms with Gasteiger partial charge in [0.05, 0.1) is 0 Å². The minimum Gasteiger partial charge on any atom is -0.480 e. The van der Waals surface area contributed by atoms with Crippen LogP contribution in [0.15, 0.2) is 6.33 Å². The summed E-state index contributed by atoms with van der Waals surface area (Å²) in [4.78, 5) is 28.1. The molecule has 1 aromatic rings. The van der Waals surface area contributed by atoms with E-state index in [4.69, 9.17) is 0 Å². The van der Waals surface area contributed by atoms with Gasteiger partial charge in [0.2, 0.25) is 5.91 Å². The molecule has 9 heteroatoms. The van der Waals surface area contributed by atoms with Gasteiger partial charge in [-0.25, -0.2) is 4.68 Å². The van der Waals surface area contributed by atoms with E-state index in [0.717, 1.165) is 51.9 Å². The molecule has 2 fully saturated rings. The van der Waals surface area contributed by atoms with Crippen molar-refractivity contribution >= 4 is 11.9 Å². The van der Waals surface area contributed by atoms with Gasteiger partial charge in [-0.3, -0.25) is 14.5 Å². The Bertz CT molecular complexity index is 612. The predicted molar refractivity (Wildman–Crippen MR) is 93.2 cm³/mol. The predicted octanol–water partition coefficient (Wildman–Crippen LogP) is 0.631. The topological polar surface area (TPSA) is 104 Å². The van der Waals surface area contributed by atoms with Crippen LogP contribution in [-0.4, -0.2) is 79.2 Å². The molecule has 1 amide bonds. The molecular weight excluding hydrogens is 336 g/mol. The number of piperidine rings is 1. The first-order valence-electron chi connectivity index (χ1n) is 9.48. The Labute approximate surface area is 153 Å². The van der Waals surface area contributed by atoms with E-state index in [0.29, 0.717) is 19.4 Å². The van der Waals surface area contributed by atoms with E-state index in [1.54, 1.807) is 11.0 Å². The zero-order valence-corrected chi connectivity index (χ0v) is 15.4. The third-order valence-corrected chi connectivity index (χ3v) is 5.75. The normalized spacial score (nSPS) is 22.8. The van der Waals surface area contributed by atoms with Crippen LogP contribution in [0.1, 0.15) is 45.4 Å². The number of carboxylic acids is 1. The smallest absolute Gasteiger partial charge is 0.320 e. The molecule has 26 heavy (non-hydrogen) atoms. The first-order valence-corrected chi connectivity index (χ1v) is 9.48. The van der Waals surface area contributed by atoms with Gasteiger partial charge in [-0.2, -0.15) is 0 Å². The van der Waals surface area contributed by atoms with Crippen LogP contribution in [0.5, 0.6) is 0 Å². The van der Waals surface area contributed by atoms with E-state index < -0.39 is 5.97 Å². The lowest BCUT2D eigenvalue weighted by Crippen LogP contribution is -2.44. The Hall–Kier alpha value is -2.03. The number of carbonyl (C=O) groups excluding carboxylic acids is 1. The van der Waals surface area contributed by atoms with Gasteiger partial charge < -0.3 is 10.0 Å². The number of tetrazole rings is 1. The summed E-state index contributed by atoms with van der Waals surface area (Å²) in [7, 11) is 0. The highest BCUT2D eigenvalue weighted by atomic mass is 16.4. The van der Waals surface area contributed by atoms with E-state index in [1.807, 2.05) is 4.90 Å². The van der Waals surface area contributed by atoms with E-state index >= 15 is 0 Å². The largest absolute Gasteiger partial charge is 0.480 e. The van der Waals surface area contributed by atoms with Crippen LogP contribution in [0.25, 0.3) is 0 Å². The van der Waals surface area contributed by atoms with Crippen molar-refractivity contribution in [3.8, 4) is 0 Å². The molecule has 0 unspecified atom stereocenters. The number of amides is 1. The van der Waals surface area contributed by atoms with Gasteiger partial charge in [-0.15, -0.1) is 5.10 Å². The second kappa shape index (κ2) is 8.11. The summed E-state index contributed by atoms with van der Waals surface area (Å²) in [5.41, 5.74) is 0.0570. The quantitative estimate of drug-likeness (QED) is 0.756. The van der Waals surface area contributed by atoms with Gasteiger partial charge in [0.1, 0.15) is 12.4 Å².